The van der Waals surface area contributed by atoms with Gasteiger partial charge in [0.1, 0.15) is 0 Å². The molecular weight excluding hydrogens is 147 g/mol. The largest absolute Gasteiger partial charge is 3.00 e. The molecule has 54 valence electrons. The molecule has 0 aromatic rings. The molecule has 0 saturated carbocycles. The van der Waals surface area contributed by atoms with Crippen molar-refractivity contribution in [2.45, 2.75) is 0 Å². The Morgan fingerprint density at radius 3 is 0.429 bits per heavy atom. The molecule has 0 aliphatic carbocycles. The number of hydrogen-bond acceptors (Lipinski definition) is 2. The van der Waals surface area contributed by atoms with Crippen LogP contribution in [0.4, 0.5) is 0 Å². The molecule has 6 nitrogen and oxygen atoms in total. The first-order valence-corrected chi connectivity index (χ1v) is 0. The summed E-state index contributed by atoms with van der Waals surface area (Å²) in [7, 11) is 0. The maximum atomic E-state index is 0. The van der Waals surface area contributed by atoms with Gasteiger partial charge in [0.2, 0.25) is 0 Å². The van der Waals surface area contributed by atoms with Crippen molar-refractivity contribution in [2.75, 3.05) is 0 Å². The van der Waals surface area contributed by atoms with E-state index in [1.165, 1.54) is 0 Å². The van der Waals surface area contributed by atoms with Crippen molar-refractivity contribution in [2.24, 2.45) is 0 Å². The van der Waals surface area contributed by atoms with Gasteiger partial charge in [0.05, 0.1) is 0 Å². The van der Waals surface area contributed by atoms with E-state index in [1.54, 1.807) is 0 Å². The minimum atomic E-state index is 0. The van der Waals surface area contributed by atoms with Gasteiger partial charge in [-0.2, -0.15) is 0 Å². The molecule has 7 heteroatoms. The van der Waals surface area contributed by atoms with Gasteiger partial charge in [0.25, 0.3) is 0 Å². The van der Waals surface area contributed by atoms with Gasteiger partial charge in [-0.25, -0.2) is 0 Å². The Hall–Kier alpha value is 0.266. The summed E-state index contributed by atoms with van der Waals surface area (Å²) in [6, 6.07) is 0. The van der Waals surface area contributed by atoms with Gasteiger partial charge in [-0.05, 0) is 0 Å². The number of hydrogen-bond donors (Lipinski definition) is 0. The Morgan fingerprint density at radius 1 is 0.429 bits per heavy atom. The Bertz CT molecular complexity index is 9.65. The number of rotatable bonds is 0. The summed E-state index contributed by atoms with van der Waals surface area (Å²) in [6.45, 7) is 0. The molecule has 0 aliphatic rings. The fourth-order valence-corrected chi connectivity index (χ4v) is 0. The molecule has 10 N–H and O–H groups in total. The molecule has 0 fully saturated rings. The minimum Gasteiger partial charge on any atom is -0.870 e. The van der Waals surface area contributed by atoms with Crippen LogP contribution in [0.1, 0.15) is 0 Å². The topological polar surface area (TPSA) is 194 Å². The van der Waals surface area contributed by atoms with E-state index >= 15 is 0 Å². The van der Waals surface area contributed by atoms with Crippen LogP contribution in [0, 0.1) is 0 Å². The van der Waals surface area contributed by atoms with E-state index in [9.17, 15) is 0 Å². The molecule has 0 radical (unpaired) electrons. The van der Waals surface area contributed by atoms with Gasteiger partial charge in [-0.3, -0.25) is 0 Å². The van der Waals surface area contributed by atoms with Crippen LogP contribution in [0.25, 0.3) is 24.6 Å². The van der Waals surface area contributed by atoms with Crippen LogP contribution in [0.5, 0.6) is 0 Å². The summed E-state index contributed by atoms with van der Waals surface area (Å²) in [5.74, 6) is 0. The summed E-state index contributed by atoms with van der Waals surface area (Å²) >= 11 is 0. The summed E-state index contributed by atoms with van der Waals surface area (Å²) < 4.78 is 0. The molecule has 0 aliphatic heterocycles. The van der Waals surface area contributed by atoms with Crippen LogP contribution in [-0.2, 0) is 16.8 Å². The molecule has 0 atom stereocenters. The van der Waals surface area contributed by atoms with Crippen LogP contribution in [0.2, 0.25) is 0 Å². The predicted octanol–water partition coefficient (Wildman–Crippen LogP) is 2.51. The van der Waals surface area contributed by atoms with E-state index in [1.807, 2.05) is 0 Å². The van der Waals surface area contributed by atoms with Crippen LogP contribution in [-0.4, -0.2) is 11.0 Å². The molecule has 0 unspecified atom stereocenters. The van der Waals surface area contributed by atoms with Crippen molar-refractivity contribution in [3.63, 3.8) is 0 Å². The standard InChI is InChI=1S/Co.4H2N.2H2O/h;6*1H2/q+3;4*-1;;/p-2. The van der Waals surface area contributed by atoms with E-state index in [0.29, 0.717) is 0 Å². The molecule has 0 aromatic carbocycles. The third-order valence-corrected chi connectivity index (χ3v) is 0. The average Bonchev–Trinajstić information content (AvgIpc) is 0. The second kappa shape index (κ2) is 2450. The van der Waals surface area contributed by atoms with E-state index in [2.05, 4.69) is 0 Å². The van der Waals surface area contributed by atoms with Crippen LogP contribution < -0.4 is 0 Å². The zero-order chi connectivity index (χ0) is 0. The van der Waals surface area contributed by atoms with Gasteiger partial charge in [0, 0.05) is 0 Å². The second-order valence-electron chi connectivity index (χ2n) is 0. The normalized spacial score (nSPS) is 0. The summed E-state index contributed by atoms with van der Waals surface area (Å²) in [5.41, 5.74) is 0. The SMILES string of the molecule is [Co+3].[NH2-].[NH2-].[NH2-].[NH2-].[OH-].[OH-]. The monoisotopic (exact) mass is 157 g/mol. The van der Waals surface area contributed by atoms with Crippen molar-refractivity contribution in [3.05, 3.63) is 24.6 Å². The zero-order valence-corrected chi connectivity index (χ0v) is 4.58. The van der Waals surface area contributed by atoms with Crippen LogP contribution >= 0.6 is 0 Å². The average molecular weight is 157 g/mol. The molecule has 7 heavy (non-hydrogen) atoms. The molecular formula is H10CoN4O2-3. The number of nitrogens with two attached hydrogens (primary N) is 4. The maximum absolute atomic E-state index is 0. The third-order valence-electron chi connectivity index (χ3n) is 0. The molecule has 0 bridgehead atoms. The minimum absolute atomic E-state index is 0. The Balaban J connectivity index is 0. The van der Waals surface area contributed by atoms with Crippen molar-refractivity contribution in [1.29, 1.82) is 0 Å². The smallest absolute Gasteiger partial charge is 0.870 e. The Morgan fingerprint density at radius 2 is 0.429 bits per heavy atom. The van der Waals surface area contributed by atoms with E-state index in [4.69, 9.17) is 0 Å². The van der Waals surface area contributed by atoms with E-state index in [0.717, 1.165) is 0 Å². The Kier molecular flexibility index (Phi) is 1400000. The molecule has 0 spiro atoms. The second-order valence-corrected chi connectivity index (χ2v) is 0. The summed E-state index contributed by atoms with van der Waals surface area (Å²) in [5, 5.41) is 0. The van der Waals surface area contributed by atoms with Crippen LogP contribution in [0.3, 0.4) is 0 Å². The predicted molar refractivity (Wildman–Crippen MR) is 25.0 cm³/mol. The molecule has 0 rings (SSSR count). The van der Waals surface area contributed by atoms with Crippen LogP contribution in [0.15, 0.2) is 0 Å². The van der Waals surface area contributed by atoms with Gasteiger partial charge in [0.15, 0.2) is 0 Å². The molecule has 0 heterocycles. The molecule has 0 aromatic heterocycles. The van der Waals surface area contributed by atoms with Crippen molar-refractivity contribution in [1.82, 2.24) is 0 Å². The first-order valence-electron chi connectivity index (χ1n) is 0. The van der Waals surface area contributed by atoms with Crippen molar-refractivity contribution < 1.29 is 27.7 Å². The molecule has 0 amide bonds. The van der Waals surface area contributed by atoms with E-state index in [-0.39, 0.29) is 52.3 Å². The van der Waals surface area contributed by atoms with Crippen molar-refractivity contribution in [3.8, 4) is 0 Å². The van der Waals surface area contributed by atoms with Gasteiger partial charge < -0.3 is 35.6 Å². The fourth-order valence-electron chi connectivity index (χ4n) is 0. The molecule has 0 saturated heterocycles. The zero-order valence-electron chi connectivity index (χ0n) is 3.54. The maximum Gasteiger partial charge on any atom is 3.00 e. The Labute approximate surface area is 53.2 Å². The van der Waals surface area contributed by atoms with Gasteiger partial charge in [-0.15, -0.1) is 0 Å². The summed E-state index contributed by atoms with van der Waals surface area (Å²) in [4.78, 5) is 0. The first kappa shape index (κ1) is 4020. The fraction of sp³-hybridized carbons (Fsp3) is 0. The van der Waals surface area contributed by atoms with E-state index < -0.39 is 0 Å². The third kappa shape index (κ3) is 1610. The first-order chi connectivity index (χ1) is 0. The summed E-state index contributed by atoms with van der Waals surface area (Å²) in [6.07, 6.45) is 0. The quantitative estimate of drug-likeness (QED) is 0.520. The van der Waals surface area contributed by atoms with Gasteiger partial charge >= 0.3 is 16.8 Å². The van der Waals surface area contributed by atoms with Gasteiger partial charge in [-0.1, -0.05) is 0 Å². The van der Waals surface area contributed by atoms with Crippen molar-refractivity contribution >= 4 is 0 Å².